The van der Waals surface area contributed by atoms with Crippen LogP contribution in [0.25, 0.3) is 0 Å². The molecular formula is C18H26F3N3O2. The third kappa shape index (κ3) is 5.03. The number of nitrogens with one attached hydrogen (secondary N) is 1. The van der Waals surface area contributed by atoms with Gasteiger partial charge in [-0.05, 0) is 51.7 Å². The average Bonchev–Trinajstić information content (AvgIpc) is 2.52. The Labute approximate surface area is 151 Å². The van der Waals surface area contributed by atoms with Gasteiger partial charge in [-0.25, -0.2) is 4.79 Å². The van der Waals surface area contributed by atoms with Crippen molar-refractivity contribution in [2.75, 3.05) is 11.9 Å². The fourth-order valence-electron chi connectivity index (χ4n) is 2.96. The number of anilines is 1. The normalized spacial score (nSPS) is 18.6. The van der Waals surface area contributed by atoms with Crippen molar-refractivity contribution in [3.8, 4) is 0 Å². The number of carbonyl (C=O) groups is 1. The maximum atomic E-state index is 13.4. The van der Waals surface area contributed by atoms with E-state index in [1.807, 2.05) is 0 Å². The van der Waals surface area contributed by atoms with E-state index in [0.717, 1.165) is 18.9 Å². The molecule has 1 aliphatic heterocycles. The van der Waals surface area contributed by atoms with Crippen LogP contribution < -0.4 is 11.1 Å². The van der Waals surface area contributed by atoms with Crippen LogP contribution in [-0.2, 0) is 17.5 Å². The summed E-state index contributed by atoms with van der Waals surface area (Å²) >= 11 is 0. The number of hydrogen-bond acceptors (Lipinski definition) is 4. The monoisotopic (exact) mass is 373 g/mol. The Balaban J connectivity index is 2.31. The minimum absolute atomic E-state index is 0.0363. The number of nitrogens with zero attached hydrogens (tertiary/aromatic N) is 1. The Morgan fingerprint density at radius 2 is 2.00 bits per heavy atom. The predicted octanol–water partition coefficient (Wildman–Crippen LogP) is 4.32. The molecule has 0 saturated carbocycles. The van der Waals surface area contributed by atoms with Crippen LogP contribution in [0.3, 0.4) is 0 Å². The number of rotatable bonds is 3. The zero-order valence-electron chi connectivity index (χ0n) is 15.3. The first-order valence-corrected chi connectivity index (χ1v) is 8.68. The van der Waals surface area contributed by atoms with Crippen molar-refractivity contribution < 1.29 is 22.7 Å². The summed E-state index contributed by atoms with van der Waals surface area (Å²) in [4.78, 5) is 13.9. The number of carbonyl (C=O) groups excluding carboxylic acids is 1. The first-order valence-electron chi connectivity index (χ1n) is 8.68. The van der Waals surface area contributed by atoms with E-state index in [1.54, 1.807) is 26.8 Å². The largest absolute Gasteiger partial charge is 0.444 e. The van der Waals surface area contributed by atoms with Crippen LogP contribution in [0.1, 0.15) is 51.2 Å². The van der Waals surface area contributed by atoms with Gasteiger partial charge >= 0.3 is 12.3 Å². The topological polar surface area (TPSA) is 67.6 Å². The molecule has 2 rings (SSSR count). The van der Waals surface area contributed by atoms with Crippen LogP contribution in [0.4, 0.5) is 23.7 Å². The van der Waals surface area contributed by atoms with Crippen molar-refractivity contribution in [2.24, 2.45) is 5.73 Å². The minimum atomic E-state index is -4.51. The summed E-state index contributed by atoms with van der Waals surface area (Å²) in [5, 5.41) is 2.92. The Bertz CT molecular complexity index is 642. The van der Waals surface area contributed by atoms with E-state index >= 15 is 0 Å². The Morgan fingerprint density at radius 1 is 1.31 bits per heavy atom. The third-order valence-electron chi connectivity index (χ3n) is 4.12. The van der Waals surface area contributed by atoms with Gasteiger partial charge in [-0.2, -0.15) is 13.2 Å². The highest BCUT2D eigenvalue weighted by molar-refractivity contribution is 5.70. The molecule has 3 N–H and O–H groups in total. The molecule has 1 amide bonds. The second-order valence-electron chi connectivity index (χ2n) is 7.37. The molecule has 1 fully saturated rings. The number of likely N-dealkylation sites (tertiary alicyclic amines) is 1. The maximum Gasteiger partial charge on any atom is 0.418 e. The number of nitrogens with two attached hydrogens (primary N) is 1. The number of amides is 1. The molecule has 1 aromatic rings. The molecule has 1 unspecified atom stereocenters. The molecule has 1 atom stereocenters. The van der Waals surface area contributed by atoms with E-state index < -0.39 is 29.6 Å². The first kappa shape index (κ1) is 20.4. The van der Waals surface area contributed by atoms with Crippen molar-refractivity contribution in [1.29, 1.82) is 0 Å². The summed E-state index contributed by atoms with van der Waals surface area (Å²) in [6, 6.07) is 3.91. The summed E-state index contributed by atoms with van der Waals surface area (Å²) in [6.07, 6.45) is -3.50. The molecule has 146 valence electrons. The van der Waals surface area contributed by atoms with Gasteiger partial charge in [0.1, 0.15) is 11.8 Å². The fraction of sp³-hybridized carbons (Fsp3) is 0.611. The predicted molar refractivity (Wildman–Crippen MR) is 93.5 cm³/mol. The smallest absolute Gasteiger partial charge is 0.418 e. The molecule has 1 saturated heterocycles. The Morgan fingerprint density at radius 3 is 2.58 bits per heavy atom. The van der Waals surface area contributed by atoms with E-state index in [-0.39, 0.29) is 12.2 Å². The highest BCUT2D eigenvalue weighted by Crippen LogP contribution is 2.37. The lowest BCUT2D eigenvalue weighted by atomic mass is 10.0. The Hall–Kier alpha value is -1.96. The molecule has 0 bridgehead atoms. The average molecular weight is 373 g/mol. The molecule has 5 nitrogen and oxygen atoms in total. The van der Waals surface area contributed by atoms with Crippen LogP contribution >= 0.6 is 0 Å². The van der Waals surface area contributed by atoms with Gasteiger partial charge in [-0.15, -0.1) is 0 Å². The number of ether oxygens (including phenoxy) is 1. The summed E-state index contributed by atoms with van der Waals surface area (Å²) in [5.41, 5.74) is 4.46. The van der Waals surface area contributed by atoms with Crippen molar-refractivity contribution >= 4 is 11.8 Å². The van der Waals surface area contributed by atoms with Crippen LogP contribution in [0.5, 0.6) is 0 Å². The molecular weight excluding hydrogens is 347 g/mol. The van der Waals surface area contributed by atoms with Crippen LogP contribution in [0.15, 0.2) is 18.2 Å². The van der Waals surface area contributed by atoms with E-state index in [0.29, 0.717) is 18.5 Å². The number of benzene rings is 1. The second kappa shape index (κ2) is 7.73. The van der Waals surface area contributed by atoms with Gasteiger partial charge < -0.3 is 15.8 Å². The van der Waals surface area contributed by atoms with Gasteiger partial charge in [0.2, 0.25) is 0 Å². The fourth-order valence-corrected chi connectivity index (χ4v) is 2.96. The number of para-hydroxylation sites is 1. The summed E-state index contributed by atoms with van der Waals surface area (Å²) in [7, 11) is 0. The van der Waals surface area contributed by atoms with Gasteiger partial charge in [-0.1, -0.05) is 12.1 Å². The number of halogens is 3. The SMILES string of the molecule is CC(C)(C)OC(=O)N1CCCCC1Nc1c(CN)cccc1C(F)(F)F. The van der Waals surface area contributed by atoms with Crippen molar-refractivity contribution in [3.05, 3.63) is 29.3 Å². The van der Waals surface area contributed by atoms with Crippen LogP contribution in [0.2, 0.25) is 0 Å². The lowest BCUT2D eigenvalue weighted by Gasteiger charge is -2.38. The van der Waals surface area contributed by atoms with Crippen molar-refractivity contribution in [1.82, 2.24) is 4.90 Å². The van der Waals surface area contributed by atoms with Crippen molar-refractivity contribution in [2.45, 2.75) is 64.5 Å². The highest BCUT2D eigenvalue weighted by Gasteiger charge is 2.37. The minimum Gasteiger partial charge on any atom is -0.444 e. The zero-order chi connectivity index (χ0) is 19.5. The van der Waals surface area contributed by atoms with Gasteiger partial charge in [0, 0.05) is 13.1 Å². The molecule has 0 radical (unpaired) electrons. The van der Waals surface area contributed by atoms with E-state index in [2.05, 4.69) is 5.32 Å². The number of piperidine rings is 1. The van der Waals surface area contributed by atoms with E-state index in [9.17, 15) is 18.0 Å². The quantitative estimate of drug-likeness (QED) is 0.828. The second-order valence-corrected chi connectivity index (χ2v) is 7.37. The van der Waals surface area contributed by atoms with Gasteiger partial charge in [0.25, 0.3) is 0 Å². The summed E-state index contributed by atoms with van der Waals surface area (Å²) in [5.74, 6) is 0. The van der Waals surface area contributed by atoms with Gasteiger partial charge in [-0.3, -0.25) is 4.90 Å². The Kier molecular flexibility index (Phi) is 6.05. The zero-order valence-corrected chi connectivity index (χ0v) is 15.3. The van der Waals surface area contributed by atoms with Crippen LogP contribution in [-0.4, -0.2) is 29.3 Å². The van der Waals surface area contributed by atoms with E-state index in [4.69, 9.17) is 10.5 Å². The standard InChI is InChI=1S/C18H26F3N3O2/c1-17(2,3)26-16(25)24-10-5-4-9-14(24)23-15-12(11-22)7-6-8-13(15)18(19,20)21/h6-8,14,23H,4-5,9-11,22H2,1-3H3. The third-order valence-corrected chi connectivity index (χ3v) is 4.12. The lowest BCUT2D eigenvalue weighted by Crippen LogP contribution is -2.50. The maximum absolute atomic E-state index is 13.4. The summed E-state index contributed by atoms with van der Waals surface area (Å²) < 4.78 is 45.6. The number of hydrogen-bond donors (Lipinski definition) is 2. The molecule has 0 aliphatic carbocycles. The van der Waals surface area contributed by atoms with Crippen molar-refractivity contribution in [3.63, 3.8) is 0 Å². The lowest BCUT2D eigenvalue weighted by molar-refractivity contribution is -0.137. The molecule has 1 aromatic carbocycles. The van der Waals surface area contributed by atoms with Crippen LogP contribution in [0, 0.1) is 0 Å². The molecule has 0 spiro atoms. The first-order chi connectivity index (χ1) is 12.0. The molecule has 1 aliphatic rings. The molecule has 0 aromatic heterocycles. The van der Waals surface area contributed by atoms with E-state index in [1.165, 1.54) is 11.0 Å². The van der Waals surface area contributed by atoms with Gasteiger partial charge in [0.15, 0.2) is 0 Å². The highest BCUT2D eigenvalue weighted by atomic mass is 19.4. The number of alkyl halides is 3. The van der Waals surface area contributed by atoms with Gasteiger partial charge in [0.05, 0.1) is 11.3 Å². The molecule has 26 heavy (non-hydrogen) atoms. The molecule has 1 heterocycles. The molecule has 8 heteroatoms. The summed E-state index contributed by atoms with van der Waals surface area (Å²) in [6.45, 7) is 5.65.